The molecule has 10 heteroatoms. The molecule has 184 valence electrons. The molecule has 0 radical (unpaired) electrons. The molecule has 1 aliphatic carbocycles. The Bertz CT molecular complexity index is 1350. The number of halogens is 2. The van der Waals surface area contributed by atoms with Gasteiger partial charge in [0.15, 0.2) is 6.17 Å². The summed E-state index contributed by atoms with van der Waals surface area (Å²) in [4.78, 5) is 43.8. The minimum Gasteiger partial charge on any atom is -0.314 e. The Morgan fingerprint density at radius 2 is 1.37 bits per heavy atom. The molecule has 2 aromatic carbocycles. The molecule has 0 spiro atoms. The second kappa shape index (κ2) is 8.91. The molecule has 1 saturated carbocycles. The van der Waals surface area contributed by atoms with Gasteiger partial charge in [0.2, 0.25) is 0 Å². The largest absolute Gasteiger partial charge is 0.447 e. The molecule has 1 aromatic heterocycles. The van der Waals surface area contributed by atoms with E-state index >= 15 is 0 Å². The topological polar surface area (TPSA) is 80.7 Å². The van der Waals surface area contributed by atoms with Crippen LogP contribution in [0.2, 0.25) is 10.0 Å². The number of carbonyl (C=O) groups excluding carboxylic acids is 1. The maximum absolute atomic E-state index is 14.0. The molecule has 2 aliphatic rings. The minimum atomic E-state index is -0.896. The monoisotopic (exact) mass is 516 g/mol. The van der Waals surface area contributed by atoms with Gasteiger partial charge in [0.05, 0.1) is 11.2 Å². The molecule has 0 unspecified atom stereocenters. The van der Waals surface area contributed by atoms with Gasteiger partial charge in [0.1, 0.15) is 0 Å². The quantitative estimate of drug-likeness (QED) is 0.461. The van der Waals surface area contributed by atoms with Crippen molar-refractivity contribution in [1.29, 1.82) is 0 Å². The predicted molar refractivity (Wildman–Crippen MR) is 135 cm³/mol. The van der Waals surface area contributed by atoms with Crippen LogP contribution in [0.4, 0.5) is 10.5 Å². The molecule has 2 amide bonds. The summed E-state index contributed by atoms with van der Waals surface area (Å²) in [6, 6.07) is 13.0. The van der Waals surface area contributed by atoms with Gasteiger partial charge in [-0.3, -0.25) is 4.90 Å². The zero-order chi connectivity index (χ0) is 24.9. The second-order valence-electron chi connectivity index (χ2n) is 9.60. The van der Waals surface area contributed by atoms with Crippen molar-refractivity contribution in [1.82, 2.24) is 14.2 Å². The highest BCUT2D eigenvalue weighted by Gasteiger charge is 2.57. The van der Waals surface area contributed by atoms with Crippen molar-refractivity contribution in [2.45, 2.75) is 63.7 Å². The van der Waals surface area contributed by atoms with Crippen LogP contribution in [0.5, 0.6) is 0 Å². The van der Waals surface area contributed by atoms with E-state index < -0.39 is 23.2 Å². The van der Waals surface area contributed by atoms with Gasteiger partial charge >= 0.3 is 17.5 Å². The van der Waals surface area contributed by atoms with E-state index in [1.54, 1.807) is 48.5 Å². The van der Waals surface area contributed by atoms with Crippen molar-refractivity contribution >= 4 is 34.9 Å². The zero-order valence-corrected chi connectivity index (χ0v) is 21.0. The smallest absolute Gasteiger partial charge is 0.314 e. The number of nitrogens with zero attached hydrogens (tertiary/aromatic N) is 4. The number of carbonyl (C=O) groups is 1. The summed E-state index contributed by atoms with van der Waals surface area (Å²) < 4.78 is 7.51. The van der Waals surface area contributed by atoms with Gasteiger partial charge in [-0.25, -0.2) is 14.4 Å². The highest BCUT2D eigenvalue weighted by atomic mass is 35.5. The Hall–Kier alpha value is -2.97. The summed E-state index contributed by atoms with van der Waals surface area (Å²) in [7, 11) is 0. The Morgan fingerprint density at radius 1 is 0.829 bits per heavy atom. The molecule has 0 bridgehead atoms. The fourth-order valence-corrected chi connectivity index (χ4v) is 5.67. The van der Waals surface area contributed by atoms with Gasteiger partial charge in [0.25, 0.3) is 0 Å². The third kappa shape index (κ3) is 3.98. The van der Waals surface area contributed by atoms with Crippen molar-refractivity contribution in [3.8, 4) is 5.69 Å². The number of anilines is 1. The summed E-state index contributed by atoms with van der Waals surface area (Å²) in [5, 5.41) is 1.00. The second-order valence-corrected chi connectivity index (χ2v) is 10.5. The number of hydrogen-bond acceptors (Lipinski definition) is 4. The normalized spacial score (nSPS) is 20.6. The standard InChI is InChI=1S/C25H26Cl2N4O4/c1-25(2)21(31-23(33)29(24(34)35-31)19-14-10-17(27)11-15-19)28(18-12-8-16(26)9-13-18)22(32)30(25)20-6-4-3-5-7-20/h8-15,20-21H,3-7H2,1-2H3/t21-/m0/s1. The lowest BCUT2D eigenvalue weighted by Crippen LogP contribution is -2.51. The lowest BCUT2D eigenvalue weighted by molar-refractivity contribution is 0.0605. The van der Waals surface area contributed by atoms with Crippen LogP contribution in [-0.4, -0.2) is 31.8 Å². The number of rotatable bonds is 4. The minimum absolute atomic E-state index is 0.0341. The molecule has 1 atom stereocenters. The Labute approximate surface area is 212 Å². The Balaban J connectivity index is 1.67. The van der Waals surface area contributed by atoms with Crippen LogP contribution in [0.3, 0.4) is 0 Å². The molecule has 3 aromatic rings. The Kier molecular flexibility index (Phi) is 6.05. The van der Waals surface area contributed by atoms with E-state index in [0.29, 0.717) is 21.4 Å². The molecule has 2 fully saturated rings. The van der Waals surface area contributed by atoms with Gasteiger partial charge < -0.3 is 9.42 Å². The van der Waals surface area contributed by atoms with Crippen molar-refractivity contribution in [3.63, 3.8) is 0 Å². The van der Waals surface area contributed by atoms with Crippen LogP contribution in [0, 0.1) is 0 Å². The summed E-state index contributed by atoms with van der Waals surface area (Å²) in [6.07, 6.45) is 4.10. The number of benzene rings is 2. The number of urea groups is 1. The molecule has 8 nitrogen and oxygen atoms in total. The number of amides is 2. The summed E-state index contributed by atoms with van der Waals surface area (Å²) >= 11 is 12.1. The van der Waals surface area contributed by atoms with E-state index in [-0.39, 0.29) is 12.1 Å². The molecule has 35 heavy (non-hydrogen) atoms. The van der Waals surface area contributed by atoms with E-state index in [9.17, 15) is 14.4 Å². The van der Waals surface area contributed by atoms with Crippen molar-refractivity contribution < 1.29 is 9.32 Å². The van der Waals surface area contributed by atoms with Gasteiger partial charge in [-0.1, -0.05) is 42.5 Å². The highest BCUT2D eigenvalue weighted by Crippen LogP contribution is 2.45. The van der Waals surface area contributed by atoms with Gasteiger partial charge in [-0.15, -0.1) is 4.74 Å². The van der Waals surface area contributed by atoms with Crippen LogP contribution < -0.4 is 16.3 Å². The third-order valence-corrected chi connectivity index (χ3v) is 7.50. The van der Waals surface area contributed by atoms with Crippen molar-refractivity contribution in [3.05, 3.63) is 79.6 Å². The maximum atomic E-state index is 14.0. The maximum Gasteiger partial charge on any atom is 0.447 e. The first kappa shape index (κ1) is 23.8. The van der Waals surface area contributed by atoms with Gasteiger partial charge in [-0.05, 0) is 75.2 Å². The molecule has 0 N–H and O–H groups in total. The average Bonchev–Trinajstić information content (AvgIpc) is 3.23. The van der Waals surface area contributed by atoms with Crippen LogP contribution in [0.1, 0.15) is 52.1 Å². The SMILES string of the molecule is CC1(C)[C@H](n2oc(=O)n(-c3ccc(Cl)cc3)c2=O)N(c2ccc(Cl)cc2)C(=O)N1C1CCCCC1. The molecular weight excluding hydrogens is 491 g/mol. The zero-order valence-electron chi connectivity index (χ0n) is 19.5. The van der Waals surface area contributed by atoms with Crippen molar-refractivity contribution in [2.24, 2.45) is 0 Å². The van der Waals surface area contributed by atoms with Crippen LogP contribution in [-0.2, 0) is 0 Å². The Morgan fingerprint density at radius 3 is 1.94 bits per heavy atom. The van der Waals surface area contributed by atoms with Crippen molar-refractivity contribution in [2.75, 3.05) is 4.90 Å². The molecule has 1 saturated heterocycles. The lowest BCUT2D eigenvalue weighted by atomic mass is 9.90. The number of aromatic nitrogens is 2. The molecule has 2 heterocycles. The third-order valence-electron chi connectivity index (χ3n) is 7.00. The van der Waals surface area contributed by atoms with E-state index in [2.05, 4.69) is 0 Å². The summed E-state index contributed by atoms with van der Waals surface area (Å²) in [6.45, 7) is 3.82. The fourth-order valence-electron chi connectivity index (χ4n) is 5.42. The highest BCUT2D eigenvalue weighted by molar-refractivity contribution is 6.30. The van der Waals surface area contributed by atoms with Crippen LogP contribution >= 0.6 is 23.2 Å². The van der Waals surface area contributed by atoms with E-state index in [1.165, 1.54) is 4.90 Å². The fraction of sp³-hybridized carbons (Fsp3) is 0.400. The van der Waals surface area contributed by atoms with Gasteiger partial charge in [-0.2, -0.15) is 4.57 Å². The predicted octanol–water partition coefficient (Wildman–Crippen LogP) is 5.45. The average molecular weight is 517 g/mol. The van der Waals surface area contributed by atoms with Crippen LogP contribution in [0.25, 0.3) is 5.69 Å². The molecular formula is C25H26Cl2N4O4. The first-order chi connectivity index (χ1) is 16.7. The van der Waals surface area contributed by atoms with E-state index in [0.717, 1.165) is 41.4 Å². The lowest BCUT2D eigenvalue weighted by Gasteiger charge is -2.40. The summed E-state index contributed by atoms with van der Waals surface area (Å²) in [5.41, 5.74) is -0.640. The van der Waals surface area contributed by atoms with E-state index in [4.69, 9.17) is 27.7 Å². The molecule has 5 rings (SSSR count). The first-order valence-corrected chi connectivity index (χ1v) is 12.4. The van der Waals surface area contributed by atoms with Gasteiger partial charge in [0, 0.05) is 21.8 Å². The van der Waals surface area contributed by atoms with E-state index in [1.807, 2.05) is 18.7 Å². The summed E-state index contributed by atoms with van der Waals surface area (Å²) in [5.74, 6) is -0.840. The van der Waals surface area contributed by atoms with Crippen LogP contribution in [0.15, 0.2) is 62.6 Å². The number of hydrogen-bond donors (Lipinski definition) is 0. The molecule has 1 aliphatic heterocycles. The first-order valence-electron chi connectivity index (χ1n) is 11.7.